The molecule has 3 aromatic rings. The number of halogens is 2. The summed E-state index contributed by atoms with van der Waals surface area (Å²) in [5.41, 5.74) is 1.49. The third kappa shape index (κ3) is 4.71. The van der Waals surface area contributed by atoms with Gasteiger partial charge < -0.3 is 15.4 Å². The van der Waals surface area contributed by atoms with E-state index in [-0.39, 0.29) is 17.6 Å². The van der Waals surface area contributed by atoms with E-state index in [0.29, 0.717) is 22.8 Å². The van der Waals surface area contributed by atoms with Crippen LogP contribution in [0.25, 0.3) is 0 Å². The number of aromatic nitrogens is 2. The number of hydrogen-bond donors (Lipinski definition) is 2. The van der Waals surface area contributed by atoms with E-state index in [1.165, 1.54) is 12.1 Å². The first-order chi connectivity index (χ1) is 13.1. The van der Waals surface area contributed by atoms with Gasteiger partial charge in [-0.2, -0.15) is 4.98 Å². The maximum Gasteiger partial charge on any atom is 0.340 e. The van der Waals surface area contributed by atoms with E-state index >= 15 is 0 Å². The fraction of sp³-hybridized carbons (Fsp3) is 0.105. The summed E-state index contributed by atoms with van der Waals surface area (Å²) in [6, 6.07) is 12.8. The minimum absolute atomic E-state index is 0.00997. The number of nitrogens with one attached hydrogen (secondary N) is 2. The molecule has 0 amide bonds. The summed E-state index contributed by atoms with van der Waals surface area (Å²) in [5.74, 6) is -0.174. The lowest BCUT2D eigenvalue weighted by Crippen LogP contribution is -2.09. The molecule has 0 aliphatic heterocycles. The fourth-order valence-corrected chi connectivity index (χ4v) is 2.49. The highest BCUT2D eigenvalue weighted by atomic mass is 35.5. The van der Waals surface area contributed by atoms with Crippen molar-refractivity contribution in [3.8, 4) is 0 Å². The Bertz CT molecular complexity index is 968. The molecule has 2 aromatic carbocycles. The topological polar surface area (TPSA) is 76.1 Å². The summed E-state index contributed by atoms with van der Waals surface area (Å²) in [4.78, 5) is 20.6. The Morgan fingerprint density at radius 1 is 1.19 bits per heavy atom. The molecule has 0 saturated heterocycles. The number of nitrogens with zero attached hydrogens (tertiary/aromatic N) is 2. The Kier molecular flexibility index (Phi) is 5.83. The number of esters is 1. The average Bonchev–Trinajstić information content (AvgIpc) is 2.66. The fourth-order valence-electron chi connectivity index (χ4n) is 2.31. The van der Waals surface area contributed by atoms with Gasteiger partial charge in [-0.15, -0.1) is 0 Å². The van der Waals surface area contributed by atoms with Crippen LogP contribution < -0.4 is 10.6 Å². The maximum absolute atomic E-state index is 13.3. The van der Waals surface area contributed by atoms with Gasteiger partial charge in [0.1, 0.15) is 11.6 Å². The van der Waals surface area contributed by atoms with Gasteiger partial charge in [0.15, 0.2) is 0 Å². The number of benzene rings is 2. The number of ether oxygens (including phenoxy) is 1. The molecule has 0 spiro atoms. The van der Waals surface area contributed by atoms with Crippen molar-refractivity contribution in [2.75, 3.05) is 17.2 Å². The van der Waals surface area contributed by atoms with Gasteiger partial charge in [0, 0.05) is 11.9 Å². The second kappa shape index (κ2) is 8.46. The summed E-state index contributed by atoms with van der Waals surface area (Å²) in [6.07, 6.45) is 1.55. The van der Waals surface area contributed by atoms with E-state index in [1.54, 1.807) is 49.5 Å². The van der Waals surface area contributed by atoms with Gasteiger partial charge in [-0.3, -0.25) is 0 Å². The second-order valence-corrected chi connectivity index (χ2v) is 5.82. The largest absolute Gasteiger partial charge is 0.462 e. The van der Waals surface area contributed by atoms with Crippen LogP contribution in [-0.4, -0.2) is 22.5 Å². The molecule has 8 heteroatoms. The van der Waals surface area contributed by atoms with Crippen molar-refractivity contribution in [3.63, 3.8) is 0 Å². The number of para-hydroxylation sites is 1. The molecule has 6 nitrogen and oxygen atoms in total. The number of anilines is 4. The van der Waals surface area contributed by atoms with Crippen molar-refractivity contribution in [1.82, 2.24) is 9.97 Å². The molecule has 0 fully saturated rings. The van der Waals surface area contributed by atoms with E-state index in [9.17, 15) is 9.18 Å². The Labute approximate surface area is 160 Å². The molecule has 2 N–H and O–H groups in total. The molecular weight excluding hydrogens is 371 g/mol. The zero-order valence-corrected chi connectivity index (χ0v) is 15.1. The number of carbonyl (C=O) groups excluding carboxylic acids is 1. The van der Waals surface area contributed by atoms with Crippen LogP contribution in [0.15, 0.2) is 54.7 Å². The summed E-state index contributed by atoms with van der Waals surface area (Å²) in [5, 5.41) is 6.04. The molecule has 0 aliphatic carbocycles. The van der Waals surface area contributed by atoms with Crippen LogP contribution in [0, 0.1) is 5.82 Å². The van der Waals surface area contributed by atoms with Crippen molar-refractivity contribution in [3.05, 3.63) is 71.1 Å². The number of hydrogen-bond acceptors (Lipinski definition) is 6. The summed E-state index contributed by atoms with van der Waals surface area (Å²) in [7, 11) is 0. The van der Waals surface area contributed by atoms with Crippen LogP contribution in [0.1, 0.15) is 17.3 Å². The van der Waals surface area contributed by atoms with Gasteiger partial charge in [-0.1, -0.05) is 23.7 Å². The monoisotopic (exact) mass is 386 g/mol. The first kappa shape index (κ1) is 18.6. The van der Waals surface area contributed by atoms with Gasteiger partial charge in [-0.25, -0.2) is 14.2 Å². The van der Waals surface area contributed by atoms with Crippen LogP contribution in [0.5, 0.6) is 0 Å². The van der Waals surface area contributed by atoms with Crippen LogP contribution >= 0.6 is 11.6 Å². The minimum Gasteiger partial charge on any atom is -0.462 e. The second-order valence-electron chi connectivity index (χ2n) is 5.41. The normalized spacial score (nSPS) is 10.3. The van der Waals surface area contributed by atoms with E-state index in [0.717, 1.165) is 0 Å². The van der Waals surface area contributed by atoms with E-state index < -0.39 is 11.8 Å². The highest BCUT2D eigenvalue weighted by Crippen LogP contribution is 2.23. The Hall–Kier alpha value is -3.19. The molecule has 138 valence electrons. The quantitative estimate of drug-likeness (QED) is 0.585. The van der Waals surface area contributed by atoms with Crippen LogP contribution in [0.2, 0.25) is 5.02 Å². The van der Waals surface area contributed by atoms with E-state index in [1.807, 2.05) is 0 Å². The van der Waals surface area contributed by atoms with Gasteiger partial charge >= 0.3 is 5.97 Å². The van der Waals surface area contributed by atoms with Gasteiger partial charge in [0.2, 0.25) is 5.95 Å². The number of rotatable bonds is 6. The Balaban J connectivity index is 1.80. The third-order valence-electron chi connectivity index (χ3n) is 3.52. The molecule has 0 aliphatic rings. The zero-order valence-electron chi connectivity index (χ0n) is 14.4. The third-order valence-corrected chi connectivity index (χ3v) is 3.81. The molecule has 1 aromatic heterocycles. The average molecular weight is 387 g/mol. The summed E-state index contributed by atoms with van der Waals surface area (Å²) in [6.45, 7) is 2.03. The molecule has 0 unspecified atom stereocenters. The van der Waals surface area contributed by atoms with E-state index in [4.69, 9.17) is 16.3 Å². The minimum atomic E-state index is -0.497. The molecular formula is C19H16ClFN4O2. The molecule has 0 bridgehead atoms. The first-order valence-corrected chi connectivity index (χ1v) is 8.53. The highest BCUT2D eigenvalue weighted by molar-refractivity contribution is 6.31. The van der Waals surface area contributed by atoms with Crippen molar-refractivity contribution in [2.24, 2.45) is 0 Å². The predicted octanol–water partition coefficient (Wildman–Crippen LogP) is 4.93. The molecule has 3 rings (SSSR count). The summed E-state index contributed by atoms with van der Waals surface area (Å²) < 4.78 is 18.3. The van der Waals surface area contributed by atoms with Gasteiger partial charge in [0.25, 0.3) is 0 Å². The first-order valence-electron chi connectivity index (χ1n) is 8.15. The van der Waals surface area contributed by atoms with Gasteiger partial charge in [0.05, 0.1) is 22.9 Å². The maximum atomic E-state index is 13.3. The lowest BCUT2D eigenvalue weighted by Gasteiger charge is -2.11. The standard InChI is InChI=1S/C19H16ClFN4O2/c1-2-27-18(26)13-5-3-4-6-16(13)24-19-22-10-9-17(25-19)23-12-7-8-15(21)14(20)11-12/h3-11H,2H2,1H3,(H2,22,23,24,25). The lowest BCUT2D eigenvalue weighted by atomic mass is 10.2. The molecule has 0 atom stereocenters. The van der Waals surface area contributed by atoms with Gasteiger partial charge in [-0.05, 0) is 43.3 Å². The predicted molar refractivity (Wildman–Crippen MR) is 102 cm³/mol. The molecule has 0 radical (unpaired) electrons. The van der Waals surface area contributed by atoms with Crippen molar-refractivity contribution < 1.29 is 13.9 Å². The Morgan fingerprint density at radius 2 is 2.00 bits per heavy atom. The Morgan fingerprint density at radius 3 is 2.78 bits per heavy atom. The number of carbonyl (C=O) groups is 1. The van der Waals surface area contributed by atoms with E-state index in [2.05, 4.69) is 20.6 Å². The highest BCUT2D eigenvalue weighted by Gasteiger charge is 2.13. The zero-order chi connectivity index (χ0) is 19.2. The lowest BCUT2D eigenvalue weighted by molar-refractivity contribution is 0.0527. The van der Waals surface area contributed by atoms with Crippen molar-refractivity contribution >= 4 is 40.7 Å². The molecule has 0 saturated carbocycles. The van der Waals surface area contributed by atoms with Crippen LogP contribution in [0.3, 0.4) is 0 Å². The smallest absolute Gasteiger partial charge is 0.340 e. The van der Waals surface area contributed by atoms with Crippen molar-refractivity contribution in [2.45, 2.75) is 6.92 Å². The van der Waals surface area contributed by atoms with Crippen LogP contribution in [0.4, 0.5) is 27.5 Å². The summed E-state index contributed by atoms with van der Waals surface area (Å²) >= 11 is 5.79. The van der Waals surface area contributed by atoms with Crippen molar-refractivity contribution in [1.29, 1.82) is 0 Å². The molecule has 27 heavy (non-hydrogen) atoms. The SMILES string of the molecule is CCOC(=O)c1ccccc1Nc1nccc(Nc2ccc(F)c(Cl)c2)n1. The molecule has 1 heterocycles. The van der Waals surface area contributed by atoms with Crippen LogP contribution in [-0.2, 0) is 4.74 Å².